The van der Waals surface area contributed by atoms with Crippen LogP contribution in [-0.4, -0.2) is 11.2 Å². The molecule has 2 atom stereocenters. The first kappa shape index (κ1) is 11.7. The van der Waals surface area contributed by atoms with Gasteiger partial charge >= 0.3 is 0 Å². The molecule has 0 aliphatic carbocycles. The fourth-order valence-electron chi connectivity index (χ4n) is 1.45. The molecule has 12 heavy (non-hydrogen) atoms. The van der Waals surface area contributed by atoms with Crippen LogP contribution in [0.15, 0.2) is 12.2 Å². The van der Waals surface area contributed by atoms with Crippen LogP contribution in [0.3, 0.4) is 0 Å². The van der Waals surface area contributed by atoms with Gasteiger partial charge in [0.25, 0.3) is 0 Å². The third-order valence-corrected chi connectivity index (χ3v) is 2.04. The fourth-order valence-corrected chi connectivity index (χ4v) is 1.45. The van der Waals surface area contributed by atoms with Crippen molar-refractivity contribution in [1.29, 1.82) is 0 Å². The maximum atomic E-state index is 9.11. The summed E-state index contributed by atoms with van der Waals surface area (Å²) in [5, 5.41) is 9.11. The molecular weight excluding hydrogens is 148 g/mol. The number of aliphatic hydroxyl groups is 1. The average Bonchev–Trinajstić information content (AvgIpc) is 1.84. The summed E-state index contributed by atoms with van der Waals surface area (Å²) in [5.41, 5.74) is 1.26. The van der Waals surface area contributed by atoms with Crippen molar-refractivity contribution < 1.29 is 5.11 Å². The van der Waals surface area contributed by atoms with Gasteiger partial charge in [-0.15, -0.1) is 6.58 Å². The van der Waals surface area contributed by atoms with Gasteiger partial charge in [-0.2, -0.15) is 0 Å². The monoisotopic (exact) mass is 170 g/mol. The minimum absolute atomic E-state index is 0.148. The van der Waals surface area contributed by atoms with Gasteiger partial charge in [0.05, 0.1) is 6.10 Å². The predicted octanol–water partition coefficient (Wildman–Crippen LogP) is 3.14. The number of rotatable bonds is 6. The molecule has 0 saturated heterocycles. The van der Waals surface area contributed by atoms with E-state index in [0.29, 0.717) is 5.92 Å². The first-order chi connectivity index (χ1) is 5.52. The van der Waals surface area contributed by atoms with Gasteiger partial charge in [0, 0.05) is 0 Å². The van der Waals surface area contributed by atoms with Gasteiger partial charge in [-0.25, -0.2) is 0 Å². The topological polar surface area (TPSA) is 20.2 Å². The lowest BCUT2D eigenvalue weighted by molar-refractivity contribution is 0.161. The van der Waals surface area contributed by atoms with Crippen LogP contribution in [0, 0.1) is 5.92 Å². The average molecular weight is 170 g/mol. The Bertz CT molecular complexity index is 127. The van der Waals surface area contributed by atoms with Gasteiger partial charge in [0.15, 0.2) is 0 Å². The standard InChI is InChI=1S/C11H22O/c1-9(2)6-5-7-10(3)8-11(4)12/h10-12H,1,5-8H2,2-4H3/t10-,11?/m0/s1. The second-order valence-corrected chi connectivity index (χ2v) is 4.04. The smallest absolute Gasteiger partial charge is 0.0514 e. The zero-order valence-corrected chi connectivity index (χ0v) is 8.64. The minimum atomic E-state index is -0.148. The van der Waals surface area contributed by atoms with E-state index in [0.717, 1.165) is 12.8 Å². The summed E-state index contributed by atoms with van der Waals surface area (Å²) in [5.74, 6) is 0.643. The van der Waals surface area contributed by atoms with Crippen LogP contribution in [0.4, 0.5) is 0 Å². The predicted molar refractivity (Wildman–Crippen MR) is 54.1 cm³/mol. The van der Waals surface area contributed by atoms with Crippen molar-refractivity contribution in [3.8, 4) is 0 Å². The van der Waals surface area contributed by atoms with E-state index in [9.17, 15) is 0 Å². The van der Waals surface area contributed by atoms with E-state index >= 15 is 0 Å². The quantitative estimate of drug-likeness (QED) is 0.607. The van der Waals surface area contributed by atoms with Crippen molar-refractivity contribution in [2.75, 3.05) is 0 Å². The zero-order chi connectivity index (χ0) is 9.56. The lowest BCUT2D eigenvalue weighted by Crippen LogP contribution is -2.06. The highest BCUT2D eigenvalue weighted by Crippen LogP contribution is 2.15. The molecule has 0 fully saturated rings. The Balaban J connectivity index is 3.31. The van der Waals surface area contributed by atoms with E-state index < -0.39 is 0 Å². The molecule has 0 bridgehead atoms. The van der Waals surface area contributed by atoms with Gasteiger partial charge in [-0.1, -0.05) is 18.9 Å². The summed E-state index contributed by atoms with van der Waals surface area (Å²) in [6, 6.07) is 0. The second kappa shape index (κ2) is 6.24. The van der Waals surface area contributed by atoms with E-state index in [1.54, 1.807) is 0 Å². The summed E-state index contributed by atoms with van der Waals surface area (Å²) >= 11 is 0. The maximum absolute atomic E-state index is 9.11. The maximum Gasteiger partial charge on any atom is 0.0514 e. The van der Waals surface area contributed by atoms with Gasteiger partial charge in [-0.05, 0) is 39.0 Å². The molecule has 0 saturated carbocycles. The summed E-state index contributed by atoms with van der Waals surface area (Å²) in [6.07, 6.45) is 4.33. The molecule has 0 aliphatic rings. The van der Waals surface area contributed by atoms with Crippen molar-refractivity contribution in [2.45, 2.75) is 52.6 Å². The van der Waals surface area contributed by atoms with Crippen LogP contribution in [0.25, 0.3) is 0 Å². The van der Waals surface area contributed by atoms with E-state index in [2.05, 4.69) is 20.4 Å². The van der Waals surface area contributed by atoms with Crippen molar-refractivity contribution in [2.24, 2.45) is 5.92 Å². The van der Waals surface area contributed by atoms with Gasteiger partial charge < -0.3 is 5.11 Å². The van der Waals surface area contributed by atoms with Crippen molar-refractivity contribution in [3.05, 3.63) is 12.2 Å². The van der Waals surface area contributed by atoms with Crippen LogP contribution in [0.5, 0.6) is 0 Å². The minimum Gasteiger partial charge on any atom is -0.393 e. The number of hydrogen-bond donors (Lipinski definition) is 1. The lowest BCUT2D eigenvalue weighted by Gasteiger charge is -2.12. The Kier molecular flexibility index (Phi) is 6.09. The zero-order valence-electron chi connectivity index (χ0n) is 8.64. The van der Waals surface area contributed by atoms with Crippen LogP contribution in [0.1, 0.15) is 46.5 Å². The molecule has 0 amide bonds. The highest BCUT2D eigenvalue weighted by molar-refractivity contribution is 4.87. The Labute approximate surface area is 76.5 Å². The Morgan fingerprint density at radius 2 is 2.00 bits per heavy atom. The Hall–Kier alpha value is -0.300. The highest BCUT2D eigenvalue weighted by Gasteiger charge is 2.05. The fraction of sp³-hybridized carbons (Fsp3) is 0.818. The number of aliphatic hydroxyl groups excluding tert-OH is 1. The van der Waals surface area contributed by atoms with E-state index in [-0.39, 0.29) is 6.10 Å². The summed E-state index contributed by atoms with van der Waals surface area (Å²) in [7, 11) is 0. The Morgan fingerprint density at radius 1 is 1.42 bits per heavy atom. The molecule has 0 heterocycles. The number of hydrogen-bond acceptors (Lipinski definition) is 1. The molecule has 72 valence electrons. The summed E-state index contributed by atoms with van der Waals surface area (Å²) in [4.78, 5) is 0. The molecule has 0 aromatic heterocycles. The molecule has 0 aromatic carbocycles. The molecule has 1 nitrogen and oxygen atoms in total. The summed E-state index contributed by atoms with van der Waals surface area (Å²) in [6.45, 7) is 9.99. The van der Waals surface area contributed by atoms with Crippen LogP contribution in [-0.2, 0) is 0 Å². The molecule has 0 aromatic rings. The SMILES string of the molecule is C=C(C)CCC[C@H](C)CC(C)O. The van der Waals surface area contributed by atoms with E-state index in [1.165, 1.54) is 18.4 Å². The highest BCUT2D eigenvalue weighted by atomic mass is 16.3. The van der Waals surface area contributed by atoms with Crippen molar-refractivity contribution >= 4 is 0 Å². The molecule has 1 heteroatoms. The van der Waals surface area contributed by atoms with Gasteiger partial charge in [0.1, 0.15) is 0 Å². The first-order valence-corrected chi connectivity index (χ1v) is 4.84. The van der Waals surface area contributed by atoms with Gasteiger partial charge in [-0.3, -0.25) is 0 Å². The largest absolute Gasteiger partial charge is 0.393 e. The van der Waals surface area contributed by atoms with Crippen LogP contribution < -0.4 is 0 Å². The normalized spacial score (nSPS) is 15.7. The van der Waals surface area contributed by atoms with Gasteiger partial charge in [0.2, 0.25) is 0 Å². The molecule has 0 rings (SSSR count). The van der Waals surface area contributed by atoms with Crippen molar-refractivity contribution in [1.82, 2.24) is 0 Å². The molecule has 0 spiro atoms. The molecule has 0 radical (unpaired) electrons. The van der Waals surface area contributed by atoms with Crippen LogP contribution in [0.2, 0.25) is 0 Å². The molecule has 0 aliphatic heterocycles. The lowest BCUT2D eigenvalue weighted by atomic mass is 9.97. The third kappa shape index (κ3) is 7.80. The third-order valence-electron chi connectivity index (χ3n) is 2.04. The Morgan fingerprint density at radius 3 is 2.42 bits per heavy atom. The first-order valence-electron chi connectivity index (χ1n) is 4.84. The molecular formula is C11H22O. The van der Waals surface area contributed by atoms with E-state index in [4.69, 9.17) is 5.11 Å². The summed E-state index contributed by atoms with van der Waals surface area (Å²) < 4.78 is 0. The number of allylic oxidation sites excluding steroid dienone is 1. The molecule has 1 unspecified atom stereocenters. The van der Waals surface area contributed by atoms with E-state index in [1.807, 2.05) is 6.92 Å². The van der Waals surface area contributed by atoms with Crippen molar-refractivity contribution in [3.63, 3.8) is 0 Å². The van der Waals surface area contributed by atoms with Crippen LogP contribution >= 0.6 is 0 Å². The second-order valence-electron chi connectivity index (χ2n) is 4.04. The molecule has 1 N–H and O–H groups in total.